The highest BCUT2D eigenvalue weighted by Gasteiger charge is 2.29. The summed E-state index contributed by atoms with van der Waals surface area (Å²) in [5.74, 6) is -1.34. The molecule has 0 amide bonds. The molecule has 0 spiro atoms. The van der Waals surface area contributed by atoms with Gasteiger partial charge in [-0.15, -0.1) is 0 Å². The Kier molecular flexibility index (Phi) is 9.27. The first-order valence-electron chi connectivity index (χ1n) is 8.46. The van der Waals surface area contributed by atoms with Gasteiger partial charge in [0.15, 0.2) is 6.54 Å². The highest BCUT2D eigenvalue weighted by atomic mass is 16.6. The van der Waals surface area contributed by atoms with E-state index >= 15 is 0 Å². The first kappa shape index (κ1) is 23.9. The average molecular weight is 370 g/mol. The first-order valence-corrected chi connectivity index (χ1v) is 8.46. The molecule has 0 bridgehead atoms. The third-order valence-corrected chi connectivity index (χ3v) is 3.36. The van der Waals surface area contributed by atoms with Gasteiger partial charge in [-0.1, -0.05) is 13.2 Å². The zero-order valence-electron chi connectivity index (χ0n) is 16.8. The van der Waals surface area contributed by atoms with Crippen molar-refractivity contribution in [2.75, 3.05) is 39.9 Å². The maximum atomic E-state index is 12.2. The molecular formula is C19H32NO6+. The normalized spacial score (nSPS) is 11.5. The largest absolute Gasteiger partial charge is 0.456 e. The third-order valence-electron chi connectivity index (χ3n) is 3.36. The average Bonchev–Trinajstić information content (AvgIpc) is 2.44. The number of carbonyl (C=O) groups excluding carboxylic acids is 3. The maximum absolute atomic E-state index is 12.2. The van der Waals surface area contributed by atoms with Gasteiger partial charge in [-0.3, -0.25) is 0 Å². The lowest BCUT2D eigenvalue weighted by Crippen LogP contribution is -2.52. The van der Waals surface area contributed by atoms with Crippen molar-refractivity contribution in [3.8, 4) is 0 Å². The second-order valence-electron chi connectivity index (χ2n) is 7.64. The van der Waals surface area contributed by atoms with Crippen LogP contribution in [0.3, 0.4) is 0 Å². The van der Waals surface area contributed by atoms with Gasteiger partial charge in [0.1, 0.15) is 31.9 Å². The Labute approximate surface area is 156 Å². The van der Waals surface area contributed by atoms with Crippen LogP contribution in [0.4, 0.5) is 0 Å². The van der Waals surface area contributed by atoms with Gasteiger partial charge in [0.2, 0.25) is 0 Å². The summed E-state index contributed by atoms with van der Waals surface area (Å²) in [4.78, 5) is 35.2. The van der Waals surface area contributed by atoms with E-state index in [9.17, 15) is 14.4 Å². The molecule has 0 aliphatic heterocycles. The molecule has 0 aromatic carbocycles. The fourth-order valence-electron chi connectivity index (χ4n) is 1.92. The number of nitrogens with zero attached hydrogens (tertiary/aromatic N) is 1. The fraction of sp³-hybridized carbons (Fsp3) is 0.632. The Morgan fingerprint density at radius 3 is 1.58 bits per heavy atom. The van der Waals surface area contributed by atoms with Crippen LogP contribution in [-0.4, -0.2) is 67.9 Å². The van der Waals surface area contributed by atoms with Gasteiger partial charge in [0, 0.05) is 11.1 Å². The molecule has 7 heteroatoms. The lowest BCUT2D eigenvalue weighted by molar-refractivity contribution is -0.902. The minimum atomic E-state index is -0.596. The molecule has 148 valence electrons. The summed E-state index contributed by atoms with van der Waals surface area (Å²) in [5, 5.41) is 0. The summed E-state index contributed by atoms with van der Waals surface area (Å²) < 4.78 is 15.8. The third kappa shape index (κ3) is 10.7. The molecule has 0 N–H and O–H groups in total. The quantitative estimate of drug-likeness (QED) is 0.253. The predicted molar refractivity (Wildman–Crippen MR) is 98.2 cm³/mol. The lowest BCUT2D eigenvalue weighted by Gasteiger charge is -2.34. The number of quaternary nitrogens is 1. The number of carbonyl (C=O) groups is 3. The molecule has 7 nitrogen and oxygen atoms in total. The van der Waals surface area contributed by atoms with E-state index in [4.69, 9.17) is 14.2 Å². The molecule has 0 aromatic rings. The van der Waals surface area contributed by atoms with Crippen molar-refractivity contribution in [2.45, 2.75) is 40.2 Å². The van der Waals surface area contributed by atoms with Gasteiger partial charge in [-0.05, 0) is 34.6 Å². The molecular weight excluding hydrogens is 338 g/mol. The van der Waals surface area contributed by atoms with Crippen LogP contribution in [0.25, 0.3) is 0 Å². The van der Waals surface area contributed by atoms with Crippen molar-refractivity contribution >= 4 is 17.9 Å². The van der Waals surface area contributed by atoms with Crippen LogP contribution in [0.15, 0.2) is 24.3 Å². The standard InChI is InChI=1S/C19H32NO6/c1-14(2)17(22)24-11-9-20(8,10-12-25-18(23)15(3)4)13-16(21)26-19(5,6)7/h1,3,9-13H2,2,4-8H3/q+1. The molecule has 0 rings (SSSR count). The Balaban J connectivity index is 4.85. The predicted octanol–water partition coefficient (Wildman–Crippen LogP) is 2.01. The highest BCUT2D eigenvalue weighted by Crippen LogP contribution is 2.11. The smallest absolute Gasteiger partial charge is 0.362 e. The minimum Gasteiger partial charge on any atom is -0.456 e. The van der Waals surface area contributed by atoms with Crippen LogP contribution in [0, 0.1) is 0 Å². The van der Waals surface area contributed by atoms with Gasteiger partial charge in [-0.25, -0.2) is 14.4 Å². The van der Waals surface area contributed by atoms with Crippen LogP contribution in [0.5, 0.6) is 0 Å². The summed E-state index contributed by atoms with van der Waals surface area (Å²) in [7, 11) is 1.81. The van der Waals surface area contributed by atoms with E-state index in [2.05, 4.69) is 13.2 Å². The monoisotopic (exact) mass is 370 g/mol. The molecule has 0 aromatic heterocycles. The Morgan fingerprint density at radius 2 is 1.27 bits per heavy atom. The number of ether oxygens (including phenoxy) is 3. The highest BCUT2D eigenvalue weighted by molar-refractivity contribution is 5.87. The summed E-state index contributed by atoms with van der Waals surface area (Å²) in [6.45, 7) is 16.6. The maximum Gasteiger partial charge on any atom is 0.362 e. The summed E-state index contributed by atoms with van der Waals surface area (Å²) in [6, 6.07) is 0. The second kappa shape index (κ2) is 10.1. The van der Waals surface area contributed by atoms with Crippen LogP contribution in [-0.2, 0) is 28.6 Å². The Morgan fingerprint density at radius 1 is 0.885 bits per heavy atom. The van der Waals surface area contributed by atoms with E-state index in [1.807, 2.05) is 7.05 Å². The van der Waals surface area contributed by atoms with Crippen molar-refractivity contribution in [1.29, 1.82) is 0 Å². The summed E-state index contributed by atoms with van der Waals surface area (Å²) >= 11 is 0. The Bertz CT molecular complexity index is 527. The number of hydrogen-bond donors (Lipinski definition) is 0. The van der Waals surface area contributed by atoms with Crippen LogP contribution < -0.4 is 0 Å². The molecule has 0 unspecified atom stereocenters. The van der Waals surface area contributed by atoms with E-state index in [0.717, 1.165) is 0 Å². The second-order valence-corrected chi connectivity index (χ2v) is 7.64. The minimum absolute atomic E-state index is 0.0620. The van der Waals surface area contributed by atoms with Crippen LogP contribution >= 0.6 is 0 Å². The van der Waals surface area contributed by atoms with Crippen LogP contribution in [0.2, 0.25) is 0 Å². The molecule has 0 fully saturated rings. The molecule has 0 heterocycles. The van der Waals surface area contributed by atoms with Crippen LogP contribution in [0.1, 0.15) is 34.6 Å². The number of rotatable bonds is 10. The number of esters is 3. The molecule has 0 aliphatic carbocycles. The molecule has 0 saturated heterocycles. The molecule has 0 radical (unpaired) electrons. The topological polar surface area (TPSA) is 78.9 Å². The van der Waals surface area contributed by atoms with Gasteiger partial charge in [-0.2, -0.15) is 0 Å². The molecule has 0 saturated carbocycles. The SMILES string of the molecule is C=C(C)C(=O)OCC[N+](C)(CCOC(=O)C(=C)C)CC(=O)OC(C)(C)C. The van der Waals surface area contributed by atoms with E-state index in [1.54, 1.807) is 34.6 Å². The summed E-state index contributed by atoms with van der Waals surface area (Å²) in [5.41, 5.74) is 0.0178. The fourth-order valence-corrected chi connectivity index (χ4v) is 1.92. The lowest BCUT2D eigenvalue weighted by atomic mass is 10.2. The molecule has 0 aliphatic rings. The van der Waals surface area contributed by atoms with Crippen molar-refractivity contribution in [1.82, 2.24) is 0 Å². The number of likely N-dealkylation sites (N-methyl/N-ethyl adjacent to an activating group) is 1. The summed E-state index contributed by atoms with van der Waals surface area (Å²) in [6.07, 6.45) is 0. The van der Waals surface area contributed by atoms with Crippen molar-refractivity contribution < 1.29 is 33.1 Å². The van der Waals surface area contributed by atoms with Gasteiger partial charge in [0.05, 0.1) is 7.05 Å². The van der Waals surface area contributed by atoms with Gasteiger partial charge in [0.25, 0.3) is 0 Å². The van der Waals surface area contributed by atoms with E-state index in [-0.39, 0.29) is 30.2 Å². The van der Waals surface area contributed by atoms with E-state index in [1.165, 1.54) is 0 Å². The zero-order valence-corrected chi connectivity index (χ0v) is 16.8. The molecule has 0 atom stereocenters. The van der Waals surface area contributed by atoms with Crippen molar-refractivity contribution in [3.63, 3.8) is 0 Å². The number of hydrogen-bond acceptors (Lipinski definition) is 6. The van der Waals surface area contributed by atoms with E-state index < -0.39 is 17.5 Å². The first-order chi connectivity index (χ1) is 11.8. The van der Waals surface area contributed by atoms with Crippen molar-refractivity contribution in [3.05, 3.63) is 24.3 Å². The Hall–Kier alpha value is -2.15. The van der Waals surface area contributed by atoms with E-state index in [0.29, 0.717) is 24.2 Å². The van der Waals surface area contributed by atoms with Gasteiger partial charge < -0.3 is 18.7 Å². The molecule has 26 heavy (non-hydrogen) atoms. The zero-order chi connectivity index (χ0) is 20.5. The van der Waals surface area contributed by atoms with Crippen molar-refractivity contribution in [2.24, 2.45) is 0 Å². The van der Waals surface area contributed by atoms with Gasteiger partial charge >= 0.3 is 17.9 Å².